The fourth-order valence-electron chi connectivity index (χ4n) is 5.88. The van der Waals surface area contributed by atoms with Gasteiger partial charge < -0.3 is 19.4 Å². The molecule has 3 aromatic carbocycles. The Bertz CT molecular complexity index is 1600. The highest BCUT2D eigenvalue weighted by Crippen LogP contribution is 2.51. The molecule has 3 heterocycles. The summed E-state index contributed by atoms with van der Waals surface area (Å²) >= 11 is 0. The minimum Gasteiger partial charge on any atom is -0.490 e. The summed E-state index contributed by atoms with van der Waals surface area (Å²) < 4.78 is 26.7. The minimum absolute atomic E-state index is 0.0478. The molecule has 0 radical (unpaired) electrons. The first-order valence-electron chi connectivity index (χ1n) is 13.3. The largest absolute Gasteiger partial charge is 0.490 e. The second-order valence-electron chi connectivity index (χ2n) is 10.1. The summed E-state index contributed by atoms with van der Waals surface area (Å²) in [5, 5.41) is 0.979. The molecule has 1 saturated heterocycles. The summed E-state index contributed by atoms with van der Waals surface area (Å²) in [7, 11) is 0. The molecule has 6 rings (SSSR count). The third-order valence-electron chi connectivity index (χ3n) is 7.75. The van der Waals surface area contributed by atoms with Crippen molar-refractivity contribution in [2.24, 2.45) is 0 Å². The molecule has 2 atom stereocenters. The molecular weight excluding hydrogens is 497 g/mol. The van der Waals surface area contributed by atoms with Crippen molar-refractivity contribution >= 4 is 28.5 Å². The van der Waals surface area contributed by atoms with Crippen LogP contribution in [0.2, 0.25) is 0 Å². The molecule has 0 bridgehead atoms. The summed E-state index contributed by atoms with van der Waals surface area (Å²) in [4.78, 5) is 33.9. The first-order valence-corrected chi connectivity index (χ1v) is 13.3. The van der Waals surface area contributed by atoms with Gasteiger partial charge in [0.05, 0.1) is 24.6 Å². The topological polar surface area (TPSA) is 74.9 Å². The van der Waals surface area contributed by atoms with Crippen molar-refractivity contribution in [2.75, 3.05) is 24.7 Å². The zero-order chi connectivity index (χ0) is 27.3. The molecule has 0 spiro atoms. The fourth-order valence-corrected chi connectivity index (χ4v) is 5.88. The van der Waals surface area contributed by atoms with Crippen molar-refractivity contribution in [2.45, 2.75) is 38.6 Å². The van der Waals surface area contributed by atoms with Crippen LogP contribution < -0.4 is 14.4 Å². The molecule has 2 aliphatic heterocycles. The van der Waals surface area contributed by atoms with Crippen molar-refractivity contribution in [1.82, 2.24) is 9.88 Å². The minimum atomic E-state index is -1.32. The lowest BCUT2D eigenvalue weighted by Crippen LogP contribution is -2.50. The highest BCUT2D eigenvalue weighted by molar-refractivity contribution is 6.23. The van der Waals surface area contributed by atoms with Crippen LogP contribution in [0.4, 0.5) is 14.9 Å². The molecule has 2 unspecified atom stereocenters. The summed E-state index contributed by atoms with van der Waals surface area (Å²) in [6.45, 7) is 7.00. The number of imide groups is 1. The van der Waals surface area contributed by atoms with E-state index in [2.05, 4.69) is 4.98 Å². The summed E-state index contributed by atoms with van der Waals surface area (Å²) in [6, 6.07) is 19.1. The molecule has 1 aromatic heterocycles. The Morgan fingerprint density at radius 1 is 1.00 bits per heavy atom. The number of carbonyl (C=O) groups excluding carboxylic acids is 2. The Morgan fingerprint density at radius 2 is 1.77 bits per heavy atom. The van der Waals surface area contributed by atoms with Crippen molar-refractivity contribution in [3.63, 3.8) is 0 Å². The Kier molecular flexibility index (Phi) is 6.05. The van der Waals surface area contributed by atoms with Gasteiger partial charge in [-0.2, -0.15) is 0 Å². The van der Waals surface area contributed by atoms with Gasteiger partial charge in [0.2, 0.25) is 0 Å². The van der Waals surface area contributed by atoms with Crippen molar-refractivity contribution in [3.8, 4) is 11.5 Å². The molecule has 1 fully saturated rings. The van der Waals surface area contributed by atoms with Crippen LogP contribution >= 0.6 is 0 Å². The van der Waals surface area contributed by atoms with Crippen LogP contribution in [0.5, 0.6) is 11.5 Å². The van der Waals surface area contributed by atoms with Crippen LogP contribution in [-0.4, -0.2) is 41.6 Å². The average Bonchev–Trinajstić information content (AvgIpc) is 3.42. The Balaban J connectivity index is 1.53. The quantitative estimate of drug-likeness (QED) is 0.285. The van der Waals surface area contributed by atoms with E-state index in [0.29, 0.717) is 30.4 Å². The van der Waals surface area contributed by atoms with Gasteiger partial charge in [0.1, 0.15) is 5.82 Å². The number of amides is 3. The molecule has 8 heteroatoms. The number of anilines is 1. The normalized spacial score (nSPS) is 20.4. The first-order chi connectivity index (χ1) is 18.9. The number of benzene rings is 3. The smallest absolute Gasteiger partial charge is 0.332 e. The van der Waals surface area contributed by atoms with E-state index in [0.717, 1.165) is 33.4 Å². The number of aromatic nitrogens is 1. The van der Waals surface area contributed by atoms with E-state index in [4.69, 9.17) is 9.47 Å². The van der Waals surface area contributed by atoms with Gasteiger partial charge in [0, 0.05) is 23.4 Å². The van der Waals surface area contributed by atoms with Gasteiger partial charge in [0.15, 0.2) is 17.0 Å². The zero-order valence-electron chi connectivity index (χ0n) is 22.2. The second-order valence-corrected chi connectivity index (χ2v) is 10.1. The number of ether oxygens (including phenoxy) is 2. The molecular formula is C31H30FN3O4. The molecule has 0 aliphatic carbocycles. The van der Waals surface area contributed by atoms with Gasteiger partial charge >= 0.3 is 6.03 Å². The third-order valence-corrected chi connectivity index (χ3v) is 7.75. The van der Waals surface area contributed by atoms with Crippen molar-refractivity contribution in [3.05, 3.63) is 89.4 Å². The standard InChI is InChI=1S/C31H30FN3O4/c1-4-16-39-25-15-14-19(17-26(25)38-5-2)21-18-34-30(37)35(24-13-9-7-11-22(24)32)29(36)31(34,3)28-27(21)20-10-6-8-12-23(20)33-28/h6-15,17,21,33H,4-5,16,18H2,1-3H3. The number of carbonyl (C=O) groups is 2. The lowest BCUT2D eigenvalue weighted by Gasteiger charge is -2.40. The van der Waals surface area contributed by atoms with Gasteiger partial charge in [-0.05, 0) is 61.7 Å². The summed E-state index contributed by atoms with van der Waals surface area (Å²) in [5.41, 5.74) is 2.02. The Hall–Kier alpha value is -4.33. The highest BCUT2D eigenvalue weighted by Gasteiger charge is 2.61. The molecule has 0 saturated carbocycles. The van der Waals surface area contributed by atoms with Crippen LogP contribution in [0.15, 0.2) is 66.7 Å². The van der Waals surface area contributed by atoms with Crippen molar-refractivity contribution < 1.29 is 23.5 Å². The van der Waals surface area contributed by atoms with E-state index in [9.17, 15) is 14.0 Å². The molecule has 7 nitrogen and oxygen atoms in total. The summed E-state index contributed by atoms with van der Waals surface area (Å²) in [6.07, 6.45) is 0.872. The number of hydrogen-bond acceptors (Lipinski definition) is 4. The maximum absolute atomic E-state index is 14.8. The first kappa shape index (κ1) is 25.0. The maximum atomic E-state index is 14.8. The van der Waals surface area contributed by atoms with E-state index in [1.807, 2.05) is 56.3 Å². The zero-order valence-corrected chi connectivity index (χ0v) is 22.2. The maximum Gasteiger partial charge on any atom is 0.332 e. The highest BCUT2D eigenvalue weighted by atomic mass is 19.1. The number of rotatable bonds is 7. The van der Waals surface area contributed by atoms with E-state index in [-0.39, 0.29) is 18.2 Å². The van der Waals surface area contributed by atoms with E-state index < -0.39 is 23.3 Å². The van der Waals surface area contributed by atoms with Gasteiger partial charge in [0.25, 0.3) is 5.91 Å². The molecule has 2 aliphatic rings. The predicted octanol–water partition coefficient (Wildman–Crippen LogP) is 6.32. The van der Waals surface area contributed by atoms with Crippen LogP contribution in [0, 0.1) is 5.82 Å². The van der Waals surface area contributed by atoms with E-state index in [1.54, 1.807) is 17.9 Å². The fraction of sp³-hybridized carbons (Fsp3) is 0.290. The van der Waals surface area contributed by atoms with Gasteiger partial charge in [-0.3, -0.25) is 4.79 Å². The number of fused-ring (bicyclic) bond motifs is 5. The SMILES string of the molecule is CCCOc1ccc(C2CN3C(=O)N(c4ccccc4F)C(=O)C3(C)c3[nH]c4ccccc4c32)cc1OCC. The third kappa shape index (κ3) is 3.69. The summed E-state index contributed by atoms with van der Waals surface area (Å²) in [5.74, 6) is -0.0707. The molecule has 39 heavy (non-hydrogen) atoms. The van der Waals surface area contributed by atoms with Crippen LogP contribution in [0.25, 0.3) is 10.9 Å². The number of nitrogens with one attached hydrogen (secondary N) is 1. The average molecular weight is 528 g/mol. The second kappa shape index (κ2) is 9.45. The Labute approximate surface area is 226 Å². The van der Waals surface area contributed by atoms with Gasteiger partial charge in [-0.15, -0.1) is 0 Å². The number of hydrogen-bond donors (Lipinski definition) is 1. The molecule has 3 amide bonds. The van der Waals surface area contributed by atoms with E-state index >= 15 is 0 Å². The lowest BCUT2D eigenvalue weighted by molar-refractivity contribution is -0.125. The molecule has 4 aromatic rings. The number of nitrogens with zero attached hydrogens (tertiary/aromatic N) is 2. The van der Waals surface area contributed by atoms with Crippen molar-refractivity contribution in [1.29, 1.82) is 0 Å². The number of para-hydroxylation sites is 2. The number of H-pyrrole nitrogens is 1. The number of halogens is 1. The lowest BCUT2D eigenvalue weighted by atomic mass is 9.78. The molecule has 200 valence electrons. The van der Waals surface area contributed by atoms with Crippen LogP contribution in [-0.2, 0) is 10.3 Å². The predicted molar refractivity (Wildman–Crippen MR) is 147 cm³/mol. The van der Waals surface area contributed by atoms with Crippen LogP contribution in [0.1, 0.15) is 49.9 Å². The van der Waals surface area contributed by atoms with E-state index in [1.165, 1.54) is 18.2 Å². The van der Waals surface area contributed by atoms with Gasteiger partial charge in [-0.1, -0.05) is 43.3 Å². The number of urea groups is 1. The number of aromatic amines is 1. The Morgan fingerprint density at radius 3 is 2.54 bits per heavy atom. The monoisotopic (exact) mass is 527 g/mol. The van der Waals surface area contributed by atoms with Crippen LogP contribution in [0.3, 0.4) is 0 Å². The van der Waals surface area contributed by atoms with Gasteiger partial charge in [-0.25, -0.2) is 14.1 Å². The molecule has 1 N–H and O–H groups in total.